The van der Waals surface area contributed by atoms with E-state index >= 15 is 0 Å². The first kappa shape index (κ1) is 24.2. The van der Waals surface area contributed by atoms with Crippen LogP contribution in [0.5, 0.6) is 0 Å². The first-order valence-electron chi connectivity index (χ1n) is 8.30. The molecular weight excluding hydrogens is 484 g/mol. The maximum atomic E-state index is 11.9. The number of methoxy groups -OCH3 is 1. The minimum absolute atomic E-state index is 0.242. The molecule has 0 radical (unpaired) electrons. The Morgan fingerprint density at radius 1 is 1.30 bits per heavy atom. The summed E-state index contributed by atoms with van der Waals surface area (Å²) in [4.78, 5) is 25.6. The third-order valence-corrected chi connectivity index (χ3v) is 5.94. The molecule has 1 saturated heterocycles. The van der Waals surface area contributed by atoms with Crippen molar-refractivity contribution in [3.05, 3.63) is 23.5 Å². The molecule has 0 spiro atoms. The van der Waals surface area contributed by atoms with E-state index in [0.29, 0.717) is 18.5 Å². The number of nitrogens with zero attached hydrogens (tertiary/aromatic N) is 1. The third kappa shape index (κ3) is 6.61. The Morgan fingerprint density at radius 3 is 2.37 bits per heavy atom. The van der Waals surface area contributed by atoms with E-state index in [9.17, 15) is 9.59 Å². The van der Waals surface area contributed by atoms with Gasteiger partial charge in [-0.25, -0.2) is 9.78 Å². The van der Waals surface area contributed by atoms with E-state index in [2.05, 4.69) is 30.9 Å². The summed E-state index contributed by atoms with van der Waals surface area (Å²) >= 11 is 2.15. The molecule has 2 rings (SSSR count). The van der Waals surface area contributed by atoms with Gasteiger partial charge in [0.15, 0.2) is 0 Å². The number of hydrogen-bond acceptors (Lipinski definition) is 8. The number of rotatable bonds is 6. The Kier molecular flexibility index (Phi) is 9.53. The van der Waals surface area contributed by atoms with Crippen molar-refractivity contribution in [3.8, 4) is 0 Å². The van der Waals surface area contributed by atoms with Crippen LogP contribution >= 0.6 is 30.1 Å². The summed E-state index contributed by atoms with van der Waals surface area (Å²) in [6.07, 6.45) is 0. The summed E-state index contributed by atoms with van der Waals surface area (Å²) in [6.45, 7) is 10.7. The second kappa shape index (κ2) is 10.6. The summed E-state index contributed by atoms with van der Waals surface area (Å²) in [7, 11) is 2.34. The average Bonchev–Trinajstić information content (AvgIpc) is 2.82. The molecule has 0 N–H and O–H groups in total. The van der Waals surface area contributed by atoms with Crippen molar-refractivity contribution in [2.45, 2.75) is 45.8 Å². The molecule has 10 heteroatoms. The average molecular weight is 509 g/mol. The molecular formula is C17H25BINO6S. The quantitative estimate of drug-likeness (QED) is 0.191. The van der Waals surface area contributed by atoms with Gasteiger partial charge in [0.1, 0.15) is 12.3 Å². The fraction of sp³-hybridized carbons (Fsp3) is 0.588. The molecule has 1 aromatic rings. The van der Waals surface area contributed by atoms with Gasteiger partial charge in [0.2, 0.25) is 0 Å². The number of carbonyl (C=O) groups excluding carboxylic acids is 2. The maximum absolute atomic E-state index is 11.9. The second-order valence-corrected chi connectivity index (χ2v) is 9.25. The zero-order valence-electron chi connectivity index (χ0n) is 16.4. The van der Waals surface area contributed by atoms with Crippen molar-refractivity contribution in [2.24, 2.45) is 0 Å². The smallest absolute Gasteiger partial charge is 0.467 e. The normalized spacial score (nSPS) is 16.9. The number of pyridine rings is 1. The van der Waals surface area contributed by atoms with Crippen LogP contribution in [-0.2, 0) is 23.6 Å². The van der Waals surface area contributed by atoms with Crippen LogP contribution in [0.25, 0.3) is 0 Å². The number of ether oxygens (including phenoxy) is 2. The third-order valence-electron chi connectivity index (χ3n) is 4.30. The van der Waals surface area contributed by atoms with E-state index in [0.717, 1.165) is 11.4 Å². The largest absolute Gasteiger partial charge is 0.497 e. The fourth-order valence-corrected chi connectivity index (χ4v) is 2.81. The molecule has 1 aliphatic heterocycles. The lowest BCUT2D eigenvalue weighted by molar-refractivity contribution is -0.128. The Balaban J connectivity index is 0.000000445. The van der Waals surface area contributed by atoms with Gasteiger partial charge in [0.05, 0.1) is 18.3 Å². The minimum Gasteiger partial charge on any atom is -0.467 e. The summed E-state index contributed by atoms with van der Waals surface area (Å²) in [5.74, 6) is 0.387. The van der Waals surface area contributed by atoms with E-state index in [1.54, 1.807) is 15.0 Å². The Hall–Kier alpha value is -0.845. The van der Waals surface area contributed by atoms with Gasteiger partial charge in [-0.1, -0.05) is 15.0 Å². The molecule has 1 aromatic heterocycles. The number of aromatic nitrogens is 1. The van der Waals surface area contributed by atoms with Gasteiger partial charge in [-0.15, -0.1) is 0 Å². The SMILES string of the molecule is COC(=O)c1nc(C)ccc1B1OC(C)(C)C(C)(C)O1.O=COCCSI. The molecule has 2 heterocycles. The molecule has 1 fully saturated rings. The van der Waals surface area contributed by atoms with Crippen molar-refractivity contribution in [2.75, 3.05) is 19.5 Å². The van der Waals surface area contributed by atoms with Crippen LogP contribution in [0.15, 0.2) is 12.1 Å². The summed E-state index contributed by atoms with van der Waals surface area (Å²) < 4.78 is 21.1. The molecule has 0 unspecified atom stereocenters. The molecule has 27 heavy (non-hydrogen) atoms. The van der Waals surface area contributed by atoms with Gasteiger partial charge in [0, 0.05) is 16.9 Å². The first-order valence-corrected chi connectivity index (χ1v) is 11.8. The van der Waals surface area contributed by atoms with Crippen LogP contribution in [0.1, 0.15) is 43.9 Å². The summed E-state index contributed by atoms with van der Waals surface area (Å²) in [5.41, 5.74) is 0.657. The summed E-state index contributed by atoms with van der Waals surface area (Å²) in [6, 6.07) is 3.63. The van der Waals surface area contributed by atoms with E-state index in [1.165, 1.54) is 7.11 Å². The molecule has 0 aliphatic carbocycles. The highest BCUT2D eigenvalue weighted by Crippen LogP contribution is 2.36. The zero-order valence-corrected chi connectivity index (χ0v) is 19.4. The minimum atomic E-state index is -0.623. The number of halogens is 1. The van der Waals surface area contributed by atoms with Crippen molar-refractivity contribution in [1.82, 2.24) is 4.98 Å². The van der Waals surface area contributed by atoms with Gasteiger partial charge in [0.25, 0.3) is 6.47 Å². The van der Waals surface area contributed by atoms with E-state index in [-0.39, 0.29) is 5.69 Å². The molecule has 0 aromatic carbocycles. The van der Waals surface area contributed by atoms with Crippen LogP contribution < -0.4 is 5.46 Å². The molecule has 7 nitrogen and oxygen atoms in total. The van der Waals surface area contributed by atoms with Crippen LogP contribution in [0.3, 0.4) is 0 Å². The molecule has 1 aliphatic rings. The van der Waals surface area contributed by atoms with Crippen LogP contribution in [0.4, 0.5) is 0 Å². The van der Waals surface area contributed by atoms with Gasteiger partial charge in [-0.05, 0) is 61.9 Å². The van der Waals surface area contributed by atoms with Gasteiger partial charge >= 0.3 is 13.1 Å². The molecule has 150 valence electrons. The molecule has 0 amide bonds. The van der Waals surface area contributed by atoms with Crippen molar-refractivity contribution in [1.29, 1.82) is 0 Å². The predicted molar refractivity (Wildman–Crippen MR) is 115 cm³/mol. The van der Waals surface area contributed by atoms with Gasteiger partial charge in [-0.2, -0.15) is 0 Å². The lowest BCUT2D eigenvalue weighted by Crippen LogP contribution is -2.41. The highest BCUT2D eigenvalue weighted by atomic mass is 127. The summed E-state index contributed by atoms with van der Waals surface area (Å²) in [5, 5.41) is 0. The van der Waals surface area contributed by atoms with Gasteiger partial charge < -0.3 is 18.8 Å². The van der Waals surface area contributed by atoms with E-state index in [4.69, 9.17) is 14.0 Å². The van der Waals surface area contributed by atoms with Crippen LogP contribution in [-0.4, -0.2) is 55.2 Å². The van der Waals surface area contributed by atoms with Crippen molar-refractivity contribution >= 4 is 55.2 Å². The second-order valence-electron chi connectivity index (χ2n) is 6.75. The monoisotopic (exact) mass is 509 g/mol. The van der Waals surface area contributed by atoms with Crippen molar-refractivity contribution in [3.63, 3.8) is 0 Å². The Bertz CT molecular complexity index is 642. The number of hydrogen-bond donors (Lipinski definition) is 0. The maximum Gasteiger partial charge on any atom is 0.497 e. The fourth-order valence-electron chi connectivity index (χ4n) is 2.12. The highest BCUT2D eigenvalue weighted by molar-refractivity contribution is 14.2. The van der Waals surface area contributed by atoms with Crippen molar-refractivity contribution < 1.29 is 28.4 Å². The molecule has 0 bridgehead atoms. The molecule has 0 atom stereocenters. The first-order chi connectivity index (χ1) is 12.6. The lowest BCUT2D eigenvalue weighted by Gasteiger charge is -2.32. The zero-order chi connectivity index (χ0) is 20.7. The number of aryl methyl sites for hydroxylation is 1. The number of carbonyl (C=O) groups is 2. The van der Waals surface area contributed by atoms with E-state index < -0.39 is 24.3 Å². The lowest BCUT2D eigenvalue weighted by atomic mass is 9.77. The molecule has 0 saturated carbocycles. The standard InChI is InChI=1S/C14H20BNO4.C3H5IO2S/c1-9-7-8-10(11(16-9)12(17)18-6)15-19-13(2,3)14(4,5)20-15;4-7-2-1-6-3-5/h7-8H,1-6H3;3H,1-2H2. The highest BCUT2D eigenvalue weighted by Gasteiger charge is 2.52. The Morgan fingerprint density at radius 2 is 1.89 bits per heavy atom. The Labute approximate surface area is 177 Å². The predicted octanol–water partition coefficient (Wildman–Crippen LogP) is 2.72. The van der Waals surface area contributed by atoms with E-state index in [1.807, 2.05) is 40.7 Å². The van der Waals surface area contributed by atoms with Crippen LogP contribution in [0.2, 0.25) is 0 Å². The number of esters is 1. The van der Waals surface area contributed by atoms with Gasteiger partial charge in [-0.3, -0.25) is 4.79 Å². The topological polar surface area (TPSA) is 84.0 Å². The van der Waals surface area contributed by atoms with Crippen LogP contribution in [0, 0.1) is 6.92 Å².